The van der Waals surface area contributed by atoms with E-state index in [1.54, 1.807) is 0 Å². The van der Waals surface area contributed by atoms with Crippen LogP contribution in [0.2, 0.25) is 0 Å². The van der Waals surface area contributed by atoms with Crippen LogP contribution in [0, 0.1) is 0 Å². The Hall–Kier alpha value is -1.64. The zero-order valence-electron chi connectivity index (χ0n) is 10.9. The van der Waals surface area contributed by atoms with Gasteiger partial charge in [0.05, 0.1) is 13.7 Å². The summed E-state index contributed by atoms with van der Waals surface area (Å²) in [5, 5.41) is 0. The van der Waals surface area contributed by atoms with Gasteiger partial charge in [-0.2, -0.15) is 13.8 Å². The van der Waals surface area contributed by atoms with E-state index in [0.29, 0.717) is 0 Å². The van der Waals surface area contributed by atoms with Crippen molar-refractivity contribution >= 4 is 22.8 Å². The summed E-state index contributed by atoms with van der Waals surface area (Å²) in [7, 11) is 1.33. The maximum atomic E-state index is 13.3. The van der Waals surface area contributed by atoms with Crippen LogP contribution in [0.4, 0.5) is 17.6 Å². The van der Waals surface area contributed by atoms with Gasteiger partial charge in [0.1, 0.15) is 12.2 Å². The van der Waals surface area contributed by atoms with Crippen molar-refractivity contribution in [2.75, 3.05) is 13.0 Å². The topological polar surface area (TPSA) is 52.8 Å². The van der Waals surface area contributed by atoms with E-state index >= 15 is 0 Å². The second kappa shape index (κ2) is 6.00. The van der Waals surface area contributed by atoms with Crippen molar-refractivity contribution in [3.63, 3.8) is 0 Å². The molecule has 0 amide bonds. The van der Waals surface area contributed by atoms with Crippen molar-refractivity contribution in [1.82, 2.24) is 19.5 Å². The molecule has 2 aromatic heterocycles. The normalized spacial score (nSPS) is 12.3. The zero-order chi connectivity index (χ0) is 15.6. The average molecular weight is 327 g/mol. The highest BCUT2D eigenvalue weighted by molar-refractivity contribution is 6.17. The molecule has 0 aliphatic heterocycles. The Bertz CT molecular complexity index is 634. The third kappa shape index (κ3) is 3.02. The van der Waals surface area contributed by atoms with E-state index in [9.17, 15) is 17.6 Å². The molecule has 0 fully saturated rings. The maximum Gasteiger partial charge on any atom is 0.324 e. The molecular weight excluding hydrogens is 316 g/mol. The number of nitrogens with zero attached hydrogens (tertiary/aromatic N) is 4. The number of hydrogen-bond donors (Lipinski definition) is 0. The monoisotopic (exact) mass is 326 g/mol. The van der Waals surface area contributed by atoms with Crippen molar-refractivity contribution in [2.45, 2.75) is 25.3 Å². The number of imidazole rings is 1. The van der Waals surface area contributed by atoms with Gasteiger partial charge in [0.25, 0.3) is 0 Å². The van der Waals surface area contributed by atoms with Gasteiger partial charge in [-0.1, -0.05) is 0 Å². The summed E-state index contributed by atoms with van der Waals surface area (Å²) >= 11 is 5.59. The Balaban J connectivity index is 2.56. The van der Waals surface area contributed by atoms with Crippen LogP contribution < -0.4 is 4.74 Å². The Labute approximate surface area is 121 Å². The lowest BCUT2D eigenvalue weighted by Crippen LogP contribution is -2.33. The number of halogens is 5. The summed E-state index contributed by atoms with van der Waals surface area (Å²) in [6.07, 6.45) is -2.58. The van der Waals surface area contributed by atoms with Gasteiger partial charge in [0.15, 0.2) is 11.2 Å². The third-order valence-electron chi connectivity index (χ3n) is 2.78. The summed E-state index contributed by atoms with van der Waals surface area (Å²) in [5.74, 6) is -3.90. The lowest BCUT2D eigenvalue weighted by Gasteiger charge is -2.17. The molecule has 0 spiro atoms. The highest BCUT2D eigenvalue weighted by Gasteiger charge is 2.42. The molecule has 0 bridgehead atoms. The number of methoxy groups -OCH3 is 1. The fourth-order valence-electron chi connectivity index (χ4n) is 1.83. The van der Waals surface area contributed by atoms with E-state index in [1.807, 2.05) is 0 Å². The summed E-state index contributed by atoms with van der Waals surface area (Å²) in [4.78, 5) is 11.7. The number of rotatable bonds is 6. The number of fused-ring (bicyclic) bond motifs is 1. The standard InChI is InChI=1S/C11H11ClF4N4O/c1-21-9-7-8(17-5-18-9)20(6(19-7)2-3-12)4-11(15,16)10(13)14/h5,10H,2-4H2,1H3. The molecule has 2 aromatic rings. The van der Waals surface area contributed by atoms with Gasteiger partial charge < -0.3 is 9.30 Å². The van der Waals surface area contributed by atoms with Gasteiger partial charge in [0, 0.05) is 12.3 Å². The molecule has 0 N–H and O–H groups in total. The van der Waals surface area contributed by atoms with E-state index in [4.69, 9.17) is 16.3 Å². The van der Waals surface area contributed by atoms with E-state index in [2.05, 4.69) is 15.0 Å². The first-order valence-electron chi connectivity index (χ1n) is 5.86. The smallest absolute Gasteiger partial charge is 0.324 e. The molecule has 2 rings (SSSR count). The predicted molar refractivity (Wildman–Crippen MR) is 67.3 cm³/mol. The zero-order valence-corrected chi connectivity index (χ0v) is 11.6. The average Bonchev–Trinajstić information content (AvgIpc) is 2.76. The quantitative estimate of drug-likeness (QED) is 0.604. The van der Waals surface area contributed by atoms with Gasteiger partial charge >= 0.3 is 12.3 Å². The Morgan fingerprint density at radius 2 is 2.10 bits per heavy atom. The minimum Gasteiger partial charge on any atom is -0.479 e. The molecule has 0 atom stereocenters. The van der Waals surface area contributed by atoms with Gasteiger partial charge in [-0.05, 0) is 0 Å². The minimum atomic E-state index is -4.20. The first-order chi connectivity index (χ1) is 9.90. The summed E-state index contributed by atoms with van der Waals surface area (Å²) in [6, 6.07) is 0. The molecule has 0 saturated carbocycles. The van der Waals surface area contributed by atoms with E-state index in [0.717, 1.165) is 10.9 Å². The largest absolute Gasteiger partial charge is 0.479 e. The second-order valence-corrected chi connectivity index (χ2v) is 4.55. The van der Waals surface area contributed by atoms with Crippen LogP contribution in [-0.4, -0.2) is 44.9 Å². The minimum absolute atomic E-state index is 0.00212. The molecule has 2 heterocycles. The van der Waals surface area contributed by atoms with E-state index in [-0.39, 0.29) is 35.2 Å². The lowest BCUT2D eigenvalue weighted by atomic mass is 10.3. The highest BCUT2D eigenvalue weighted by Crippen LogP contribution is 2.29. The Kier molecular flexibility index (Phi) is 4.50. The first-order valence-corrected chi connectivity index (χ1v) is 6.40. The number of aryl methyl sites for hydroxylation is 1. The molecule has 21 heavy (non-hydrogen) atoms. The van der Waals surface area contributed by atoms with Gasteiger partial charge in [-0.3, -0.25) is 0 Å². The summed E-state index contributed by atoms with van der Waals surface area (Å²) in [5.41, 5.74) is 0.132. The van der Waals surface area contributed by atoms with Gasteiger partial charge in [0.2, 0.25) is 5.88 Å². The molecule has 5 nitrogen and oxygen atoms in total. The molecule has 0 aliphatic rings. The van der Waals surface area contributed by atoms with Crippen LogP contribution in [0.5, 0.6) is 5.88 Å². The number of aromatic nitrogens is 4. The predicted octanol–water partition coefficient (Wildman–Crippen LogP) is 2.52. The van der Waals surface area contributed by atoms with Gasteiger partial charge in [-0.25, -0.2) is 18.7 Å². The first kappa shape index (κ1) is 15.7. The van der Waals surface area contributed by atoms with Crippen LogP contribution >= 0.6 is 11.6 Å². The maximum absolute atomic E-state index is 13.3. The Morgan fingerprint density at radius 1 is 1.38 bits per heavy atom. The van der Waals surface area contributed by atoms with Crippen LogP contribution in [-0.2, 0) is 13.0 Å². The van der Waals surface area contributed by atoms with Crippen LogP contribution in [0.1, 0.15) is 5.82 Å². The molecular formula is C11H11ClF4N4O. The molecule has 0 aliphatic carbocycles. The molecule has 0 radical (unpaired) electrons. The van der Waals surface area contributed by atoms with Crippen molar-refractivity contribution in [3.8, 4) is 5.88 Å². The van der Waals surface area contributed by atoms with E-state index in [1.165, 1.54) is 7.11 Å². The van der Waals surface area contributed by atoms with Crippen LogP contribution in [0.25, 0.3) is 11.2 Å². The second-order valence-electron chi connectivity index (χ2n) is 4.17. The summed E-state index contributed by atoms with van der Waals surface area (Å²) in [6.45, 7) is -1.24. The SMILES string of the molecule is COc1ncnc2c1nc(CCCl)n2CC(F)(F)C(F)F. The third-order valence-corrected chi connectivity index (χ3v) is 2.97. The van der Waals surface area contributed by atoms with Crippen molar-refractivity contribution in [3.05, 3.63) is 12.2 Å². The molecule has 10 heteroatoms. The number of alkyl halides is 5. The van der Waals surface area contributed by atoms with Crippen LogP contribution in [0.3, 0.4) is 0 Å². The molecule has 116 valence electrons. The van der Waals surface area contributed by atoms with Crippen LogP contribution in [0.15, 0.2) is 6.33 Å². The molecule has 0 saturated heterocycles. The molecule has 0 aromatic carbocycles. The fourth-order valence-corrected chi connectivity index (χ4v) is 2.00. The highest BCUT2D eigenvalue weighted by atomic mass is 35.5. The van der Waals surface area contributed by atoms with Crippen molar-refractivity contribution < 1.29 is 22.3 Å². The Morgan fingerprint density at radius 3 is 2.67 bits per heavy atom. The van der Waals surface area contributed by atoms with E-state index < -0.39 is 18.9 Å². The molecule has 0 unspecified atom stereocenters. The number of ether oxygens (including phenoxy) is 1. The van der Waals surface area contributed by atoms with Crippen molar-refractivity contribution in [1.29, 1.82) is 0 Å². The lowest BCUT2D eigenvalue weighted by molar-refractivity contribution is -0.137. The fraction of sp³-hybridized carbons (Fsp3) is 0.545. The van der Waals surface area contributed by atoms with Gasteiger partial charge in [-0.15, -0.1) is 11.6 Å². The number of hydrogen-bond acceptors (Lipinski definition) is 4. The summed E-state index contributed by atoms with van der Waals surface area (Å²) < 4.78 is 57.3. The van der Waals surface area contributed by atoms with Crippen molar-refractivity contribution in [2.24, 2.45) is 0 Å².